The molecule has 4 rings (SSSR count). The zero-order valence-corrected chi connectivity index (χ0v) is 14.0. The lowest BCUT2D eigenvalue weighted by atomic mass is 10.1. The molecule has 1 aliphatic rings. The fourth-order valence-corrected chi connectivity index (χ4v) is 3.63. The summed E-state index contributed by atoms with van der Waals surface area (Å²) in [7, 11) is 0. The number of benzene rings is 1. The molecule has 3 nitrogen and oxygen atoms in total. The Labute approximate surface area is 140 Å². The molecule has 1 aliphatic heterocycles. The Morgan fingerprint density at radius 2 is 2.04 bits per heavy atom. The van der Waals surface area contributed by atoms with Crippen molar-refractivity contribution in [3.05, 3.63) is 70.4 Å². The minimum Gasteiger partial charge on any atom is -0.293 e. The van der Waals surface area contributed by atoms with E-state index >= 15 is 0 Å². The number of hydrogen-bond acceptors (Lipinski definition) is 4. The van der Waals surface area contributed by atoms with Gasteiger partial charge in [-0.2, -0.15) is 0 Å². The van der Waals surface area contributed by atoms with Crippen LogP contribution in [0.1, 0.15) is 22.4 Å². The highest BCUT2D eigenvalue weighted by Gasteiger charge is 2.19. The van der Waals surface area contributed by atoms with Gasteiger partial charge in [-0.25, -0.2) is 9.97 Å². The van der Waals surface area contributed by atoms with Crippen molar-refractivity contribution in [1.82, 2.24) is 14.9 Å². The van der Waals surface area contributed by atoms with Crippen LogP contribution in [0.5, 0.6) is 0 Å². The molecule has 3 aromatic rings. The van der Waals surface area contributed by atoms with Crippen molar-refractivity contribution < 1.29 is 0 Å². The predicted octanol–water partition coefficient (Wildman–Crippen LogP) is 4.07. The van der Waals surface area contributed by atoms with E-state index in [1.54, 1.807) is 11.3 Å². The third kappa shape index (κ3) is 3.19. The molecule has 23 heavy (non-hydrogen) atoms. The maximum absolute atomic E-state index is 4.82. The van der Waals surface area contributed by atoms with Crippen molar-refractivity contribution in [2.75, 3.05) is 6.54 Å². The molecule has 0 saturated heterocycles. The van der Waals surface area contributed by atoms with Crippen molar-refractivity contribution in [1.29, 1.82) is 0 Å². The van der Waals surface area contributed by atoms with Gasteiger partial charge in [0.2, 0.25) is 0 Å². The van der Waals surface area contributed by atoms with E-state index in [-0.39, 0.29) is 0 Å². The number of aryl methyl sites for hydroxylation is 1. The van der Waals surface area contributed by atoms with Crippen LogP contribution in [0, 0.1) is 6.92 Å². The van der Waals surface area contributed by atoms with Crippen LogP contribution >= 0.6 is 11.3 Å². The van der Waals surface area contributed by atoms with Gasteiger partial charge in [0.15, 0.2) is 5.82 Å². The summed E-state index contributed by atoms with van der Waals surface area (Å²) in [5, 5.41) is 2.07. The third-order valence-electron chi connectivity index (χ3n) is 4.29. The molecule has 4 heteroatoms. The SMILES string of the molecule is Cc1ccc(CN2CCc3cnc(-c4cccs4)nc3C2)cc1. The first kappa shape index (κ1) is 14.5. The average molecular weight is 321 g/mol. The fraction of sp³-hybridized carbons (Fsp3) is 0.263. The Bertz CT molecular complexity index is 794. The van der Waals surface area contributed by atoms with Gasteiger partial charge in [-0.15, -0.1) is 11.3 Å². The first-order chi connectivity index (χ1) is 11.3. The van der Waals surface area contributed by atoms with E-state index in [0.29, 0.717) is 0 Å². The van der Waals surface area contributed by atoms with Gasteiger partial charge in [0.25, 0.3) is 0 Å². The maximum atomic E-state index is 4.82. The molecule has 0 unspecified atom stereocenters. The monoisotopic (exact) mass is 321 g/mol. The molecule has 0 bridgehead atoms. The van der Waals surface area contributed by atoms with E-state index < -0.39 is 0 Å². The van der Waals surface area contributed by atoms with Crippen LogP contribution in [-0.2, 0) is 19.5 Å². The van der Waals surface area contributed by atoms with Crippen LogP contribution < -0.4 is 0 Å². The van der Waals surface area contributed by atoms with Crippen LogP contribution in [0.2, 0.25) is 0 Å². The van der Waals surface area contributed by atoms with Gasteiger partial charge in [0, 0.05) is 25.8 Å². The zero-order chi connectivity index (χ0) is 15.6. The third-order valence-corrected chi connectivity index (χ3v) is 5.16. The van der Waals surface area contributed by atoms with E-state index in [2.05, 4.69) is 52.5 Å². The van der Waals surface area contributed by atoms with Crippen molar-refractivity contribution in [3.8, 4) is 10.7 Å². The van der Waals surface area contributed by atoms with Crippen LogP contribution in [-0.4, -0.2) is 21.4 Å². The molecule has 0 spiro atoms. The summed E-state index contributed by atoms with van der Waals surface area (Å²) >= 11 is 1.69. The highest BCUT2D eigenvalue weighted by molar-refractivity contribution is 7.13. The smallest absolute Gasteiger partial charge is 0.169 e. The van der Waals surface area contributed by atoms with E-state index in [0.717, 1.165) is 36.8 Å². The summed E-state index contributed by atoms with van der Waals surface area (Å²) in [5.41, 5.74) is 5.16. The number of nitrogens with zero attached hydrogens (tertiary/aromatic N) is 3. The Morgan fingerprint density at radius 1 is 1.17 bits per heavy atom. The second-order valence-electron chi connectivity index (χ2n) is 6.09. The van der Waals surface area contributed by atoms with Crippen LogP contribution in [0.25, 0.3) is 10.7 Å². The molecule has 3 heterocycles. The summed E-state index contributed by atoms with van der Waals surface area (Å²) in [4.78, 5) is 13.0. The minimum absolute atomic E-state index is 0.857. The topological polar surface area (TPSA) is 29.0 Å². The Morgan fingerprint density at radius 3 is 2.83 bits per heavy atom. The van der Waals surface area contributed by atoms with Crippen molar-refractivity contribution >= 4 is 11.3 Å². The van der Waals surface area contributed by atoms with E-state index in [9.17, 15) is 0 Å². The molecule has 0 atom stereocenters. The highest BCUT2D eigenvalue weighted by atomic mass is 32.1. The molecule has 2 aromatic heterocycles. The molecule has 0 amide bonds. The molecule has 0 saturated carbocycles. The van der Waals surface area contributed by atoms with Crippen molar-refractivity contribution in [2.45, 2.75) is 26.4 Å². The van der Waals surface area contributed by atoms with E-state index in [4.69, 9.17) is 4.98 Å². The second kappa shape index (κ2) is 6.22. The molecular formula is C19H19N3S. The highest BCUT2D eigenvalue weighted by Crippen LogP contribution is 2.24. The Hall–Kier alpha value is -2.04. The summed E-state index contributed by atoms with van der Waals surface area (Å²) in [6.45, 7) is 5.09. The fourth-order valence-electron chi connectivity index (χ4n) is 2.97. The van der Waals surface area contributed by atoms with Crippen molar-refractivity contribution in [3.63, 3.8) is 0 Å². The molecule has 0 radical (unpaired) electrons. The average Bonchev–Trinajstić information content (AvgIpc) is 3.11. The lowest BCUT2D eigenvalue weighted by Crippen LogP contribution is -2.31. The predicted molar refractivity (Wildman–Crippen MR) is 94.3 cm³/mol. The zero-order valence-electron chi connectivity index (χ0n) is 13.2. The van der Waals surface area contributed by atoms with Gasteiger partial charge in [0.1, 0.15) is 0 Å². The second-order valence-corrected chi connectivity index (χ2v) is 7.04. The Kier molecular flexibility index (Phi) is 3.93. The van der Waals surface area contributed by atoms with Gasteiger partial charge in [-0.05, 0) is 35.9 Å². The summed E-state index contributed by atoms with van der Waals surface area (Å²) in [5.74, 6) is 0.857. The lowest BCUT2D eigenvalue weighted by Gasteiger charge is -2.28. The minimum atomic E-state index is 0.857. The number of fused-ring (bicyclic) bond motifs is 1. The Balaban J connectivity index is 1.53. The first-order valence-corrected chi connectivity index (χ1v) is 8.82. The van der Waals surface area contributed by atoms with Gasteiger partial charge >= 0.3 is 0 Å². The quantitative estimate of drug-likeness (QED) is 0.728. The summed E-state index contributed by atoms with van der Waals surface area (Å²) in [6, 6.07) is 12.9. The molecule has 1 aromatic carbocycles. The molecular weight excluding hydrogens is 302 g/mol. The van der Waals surface area contributed by atoms with Crippen LogP contribution in [0.15, 0.2) is 48.0 Å². The van der Waals surface area contributed by atoms with Gasteiger partial charge in [0.05, 0.1) is 10.6 Å². The summed E-state index contributed by atoms with van der Waals surface area (Å²) < 4.78 is 0. The normalized spacial score (nSPS) is 14.7. The number of thiophene rings is 1. The van der Waals surface area contributed by atoms with Crippen LogP contribution in [0.3, 0.4) is 0 Å². The van der Waals surface area contributed by atoms with Crippen LogP contribution in [0.4, 0.5) is 0 Å². The van der Waals surface area contributed by atoms with Gasteiger partial charge in [-0.3, -0.25) is 4.90 Å². The van der Waals surface area contributed by atoms with E-state index in [1.165, 1.54) is 22.4 Å². The summed E-state index contributed by atoms with van der Waals surface area (Å²) in [6.07, 6.45) is 3.05. The van der Waals surface area contributed by atoms with Crippen molar-refractivity contribution in [2.24, 2.45) is 0 Å². The van der Waals surface area contributed by atoms with Gasteiger partial charge in [-0.1, -0.05) is 35.9 Å². The van der Waals surface area contributed by atoms with Gasteiger partial charge < -0.3 is 0 Å². The molecule has 0 N–H and O–H groups in total. The maximum Gasteiger partial charge on any atom is 0.169 e. The lowest BCUT2D eigenvalue weighted by molar-refractivity contribution is 0.241. The first-order valence-electron chi connectivity index (χ1n) is 7.94. The largest absolute Gasteiger partial charge is 0.293 e. The molecule has 116 valence electrons. The number of hydrogen-bond donors (Lipinski definition) is 0. The molecule has 0 aliphatic carbocycles. The standard InChI is InChI=1S/C19H19N3S/c1-14-4-6-15(7-5-14)12-22-9-8-16-11-20-19(21-17(16)13-22)18-3-2-10-23-18/h2-7,10-11H,8-9,12-13H2,1H3. The van der Waals surface area contributed by atoms with E-state index in [1.807, 2.05) is 12.3 Å². The number of aromatic nitrogens is 2. The number of rotatable bonds is 3. The molecule has 0 fully saturated rings.